The Morgan fingerprint density at radius 2 is 1.84 bits per heavy atom. The van der Waals surface area contributed by atoms with Crippen LogP contribution in [0.15, 0.2) is 36.4 Å². The molecule has 2 aromatic carbocycles. The van der Waals surface area contributed by atoms with E-state index in [0.717, 1.165) is 5.56 Å². The Morgan fingerprint density at radius 3 is 2.53 bits per heavy atom. The van der Waals surface area contributed by atoms with Gasteiger partial charge in [0.2, 0.25) is 0 Å². The molecule has 0 aromatic heterocycles. The molecule has 0 atom stereocenters. The topological polar surface area (TPSA) is 42.2 Å². The first kappa shape index (κ1) is 13.3. The lowest BCUT2D eigenvalue weighted by molar-refractivity contribution is 0.378. The van der Waals surface area contributed by atoms with Gasteiger partial charge in [0.1, 0.15) is 11.8 Å². The second-order valence-corrected chi connectivity index (χ2v) is 4.45. The third-order valence-electron chi connectivity index (χ3n) is 2.60. The van der Waals surface area contributed by atoms with Gasteiger partial charge in [-0.2, -0.15) is 5.26 Å². The van der Waals surface area contributed by atoms with Crippen LogP contribution in [0, 0.1) is 18.3 Å². The average Bonchev–Trinajstić information content (AvgIpc) is 2.41. The highest BCUT2D eigenvalue weighted by Crippen LogP contribution is 2.34. The zero-order chi connectivity index (χ0) is 13.8. The first-order valence-electron chi connectivity index (χ1n) is 5.66. The van der Waals surface area contributed by atoms with Gasteiger partial charge >= 0.3 is 0 Å². The van der Waals surface area contributed by atoms with Gasteiger partial charge in [0.15, 0.2) is 11.5 Å². The van der Waals surface area contributed by atoms with Crippen molar-refractivity contribution in [1.29, 1.82) is 5.26 Å². The van der Waals surface area contributed by atoms with Gasteiger partial charge < -0.3 is 9.47 Å². The van der Waals surface area contributed by atoms with Crippen LogP contribution < -0.4 is 9.47 Å². The number of nitrogens with zero attached hydrogens (tertiary/aromatic N) is 1. The van der Waals surface area contributed by atoms with E-state index >= 15 is 0 Å². The minimum Gasteiger partial charge on any atom is -0.493 e. The minimum absolute atomic E-state index is 0.414. The van der Waals surface area contributed by atoms with Gasteiger partial charge in [-0.15, -0.1) is 0 Å². The van der Waals surface area contributed by atoms with Crippen LogP contribution in [0.4, 0.5) is 0 Å². The number of methoxy groups -OCH3 is 1. The number of benzene rings is 2. The number of nitriles is 1. The molecule has 3 nitrogen and oxygen atoms in total. The van der Waals surface area contributed by atoms with E-state index < -0.39 is 0 Å². The Labute approximate surface area is 117 Å². The number of hydrogen-bond donors (Lipinski definition) is 0. The van der Waals surface area contributed by atoms with E-state index in [-0.39, 0.29) is 0 Å². The summed E-state index contributed by atoms with van der Waals surface area (Å²) in [7, 11) is 1.57. The van der Waals surface area contributed by atoms with Crippen molar-refractivity contribution in [3.05, 3.63) is 52.5 Å². The molecule has 0 aliphatic carbocycles. The third kappa shape index (κ3) is 2.98. The molecule has 0 bridgehead atoms. The first-order valence-corrected chi connectivity index (χ1v) is 6.04. The molecule has 96 valence electrons. The molecule has 2 aromatic rings. The second kappa shape index (κ2) is 5.64. The van der Waals surface area contributed by atoms with Gasteiger partial charge in [-0.3, -0.25) is 0 Å². The summed E-state index contributed by atoms with van der Waals surface area (Å²) in [5, 5.41) is 9.57. The van der Waals surface area contributed by atoms with Crippen LogP contribution in [0.5, 0.6) is 17.2 Å². The van der Waals surface area contributed by atoms with E-state index in [1.807, 2.05) is 19.1 Å². The number of halogens is 1. The van der Waals surface area contributed by atoms with E-state index in [1.54, 1.807) is 31.4 Å². The van der Waals surface area contributed by atoms with Gasteiger partial charge in [-0.25, -0.2) is 0 Å². The van der Waals surface area contributed by atoms with Crippen molar-refractivity contribution in [2.24, 2.45) is 0 Å². The van der Waals surface area contributed by atoms with Crippen molar-refractivity contribution in [3.8, 4) is 23.3 Å². The molecule has 0 aliphatic heterocycles. The van der Waals surface area contributed by atoms with Crippen LogP contribution in [-0.4, -0.2) is 7.11 Å². The molecular weight excluding hydrogens is 262 g/mol. The number of ether oxygens (including phenoxy) is 2. The molecule has 0 saturated heterocycles. The molecule has 0 heterocycles. The molecule has 19 heavy (non-hydrogen) atoms. The van der Waals surface area contributed by atoms with Crippen LogP contribution in [0.3, 0.4) is 0 Å². The summed E-state index contributed by atoms with van der Waals surface area (Å²) in [5.74, 6) is 1.58. The van der Waals surface area contributed by atoms with Crippen LogP contribution in [0.1, 0.15) is 11.1 Å². The highest BCUT2D eigenvalue weighted by Gasteiger charge is 2.10. The van der Waals surface area contributed by atoms with Crippen LogP contribution >= 0.6 is 11.6 Å². The molecule has 0 aliphatic rings. The third-order valence-corrected chi connectivity index (χ3v) is 2.84. The largest absolute Gasteiger partial charge is 0.493 e. The summed E-state index contributed by atoms with van der Waals surface area (Å²) in [4.78, 5) is 0. The molecular formula is C15H12ClNO2. The van der Waals surface area contributed by atoms with Crippen LogP contribution in [0.2, 0.25) is 5.02 Å². The van der Waals surface area contributed by atoms with E-state index in [2.05, 4.69) is 6.07 Å². The average molecular weight is 274 g/mol. The van der Waals surface area contributed by atoms with Gasteiger partial charge in [-0.05, 0) is 36.8 Å². The van der Waals surface area contributed by atoms with E-state index in [4.69, 9.17) is 26.3 Å². The molecule has 0 saturated carbocycles. The fraction of sp³-hybridized carbons (Fsp3) is 0.133. The summed E-state index contributed by atoms with van der Waals surface area (Å²) in [5.41, 5.74) is 1.49. The molecule has 0 N–H and O–H groups in total. The van der Waals surface area contributed by atoms with Gasteiger partial charge in [-0.1, -0.05) is 17.7 Å². The SMILES string of the molecule is COc1cc(C)ccc1Oc1cc(Cl)ccc1C#N. The second-order valence-electron chi connectivity index (χ2n) is 4.01. The standard InChI is InChI=1S/C15H12ClNO2/c1-10-3-6-13(15(7-10)18-2)19-14-8-12(16)5-4-11(14)9-17/h3-8H,1-2H3. The maximum absolute atomic E-state index is 9.05. The van der Waals surface area contributed by atoms with Crippen molar-refractivity contribution in [2.75, 3.05) is 7.11 Å². The molecule has 0 unspecified atom stereocenters. The predicted molar refractivity (Wildman–Crippen MR) is 74.0 cm³/mol. The van der Waals surface area contributed by atoms with Crippen LogP contribution in [-0.2, 0) is 0 Å². The van der Waals surface area contributed by atoms with E-state index in [0.29, 0.717) is 27.8 Å². The van der Waals surface area contributed by atoms with Crippen molar-refractivity contribution in [3.63, 3.8) is 0 Å². The maximum atomic E-state index is 9.05. The molecule has 0 fully saturated rings. The molecule has 0 radical (unpaired) electrons. The zero-order valence-electron chi connectivity index (χ0n) is 10.6. The lowest BCUT2D eigenvalue weighted by Crippen LogP contribution is -1.93. The summed E-state index contributed by atoms with van der Waals surface area (Å²) in [6.07, 6.45) is 0. The fourth-order valence-corrected chi connectivity index (χ4v) is 1.81. The Kier molecular flexibility index (Phi) is 3.94. The Morgan fingerprint density at radius 1 is 1.05 bits per heavy atom. The summed E-state index contributed by atoms with van der Waals surface area (Å²) in [6.45, 7) is 1.96. The van der Waals surface area contributed by atoms with Crippen molar-refractivity contribution >= 4 is 11.6 Å². The minimum atomic E-state index is 0.414. The Bertz CT molecular complexity index is 647. The Hall–Kier alpha value is -2.18. The van der Waals surface area contributed by atoms with Crippen molar-refractivity contribution < 1.29 is 9.47 Å². The normalized spacial score (nSPS) is 9.79. The molecule has 0 spiro atoms. The van der Waals surface area contributed by atoms with Crippen molar-refractivity contribution in [1.82, 2.24) is 0 Å². The smallest absolute Gasteiger partial charge is 0.169 e. The molecule has 0 amide bonds. The molecule has 4 heteroatoms. The lowest BCUT2D eigenvalue weighted by atomic mass is 10.2. The zero-order valence-corrected chi connectivity index (χ0v) is 11.4. The van der Waals surface area contributed by atoms with Crippen LogP contribution in [0.25, 0.3) is 0 Å². The monoisotopic (exact) mass is 273 g/mol. The van der Waals surface area contributed by atoms with Gasteiger partial charge in [0.25, 0.3) is 0 Å². The lowest BCUT2D eigenvalue weighted by Gasteiger charge is -2.12. The summed E-state index contributed by atoms with van der Waals surface area (Å²) < 4.78 is 11.0. The van der Waals surface area contributed by atoms with E-state index in [9.17, 15) is 0 Å². The highest BCUT2D eigenvalue weighted by atomic mass is 35.5. The Balaban J connectivity index is 2.41. The van der Waals surface area contributed by atoms with Gasteiger partial charge in [0, 0.05) is 11.1 Å². The van der Waals surface area contributed by atoms with Gasteiger partial charge in [0.05, 0.1) is 12.7 Å². The number of rotatable bonds is 3. The van der Waals surface area contributed by atoms with E-state index in [1.165, 1.54) is 0 Å². The fourth-order valence-electron chi connectivity index (χ4n) is 1.65. The molecule has 2 rings (SSSR count). The maximum Gasteiger partial charge on any atom is 0.169 e. The summed E-state index contributed by atoms with van der Waals surface area (Å²) >= 11 is 5.92. The number of aryl methyl sites for hydroxylation is 1. The first-order chi connectivity index (χ1) is 9.13. The summed E-state index contributed by atoms with van der Waals surface area (Å²) in [6, 6.07) is 12.5. The van der Waals surface area contributed by atoms with Crippen molar-refractivity contribution in [2.45, 2.75) is 6.92 Å². The quantitative estimate of drug-likeness (QED) is 0.836. The highest BCUT2D eigenvalue weighted by molar-refractivity contribution is 6.30. The number of hydrogen-bond acceptors (Lipinski definition) is 3. The predicted octanol–water partition coefficient (Wildman–Crippen LogP) is 4.32.